The third-order valence-corrected chi connectivity index (χ3v) is 13.6. The first-order chi connectivity index (χ1) is 31.9. The van der Waals surface area contributed by atoms with Gasteiger partial charge < -0.3 is 39.5 Å². The Morgan fingerprint density at radius 3 is 2.46 bits per heavy atom. The number of ether oxygens (including phenoxy) is 3. The van der Waals surface area contributed by atoms with Gasteiger partial charge in [0.25, 0.3) is 5.91 Å². The third-order valence-electron chi connectivity index (χ3n) is 11.9. The summed E-state index contributed by atoms with van der Waals surface area (Å²) in [5.74, 6) is -0.914. The summed E-state index contributed by atoms with van der Waals surface area (Å²) in [6.45, 7) is 13.4. The van der Waals surface area contributed by atoms with E-state index in [-0.39, 0.29) is 55.0 Å². The number of hydrogen-bond donors (Lipinski definition) is 4. The molecule has 2 saturated heterocycles. The van der Waals surface area contributed by atoms with Crippen LogP contribution in [-0.2, 0) is 35.1 Å². The fraction of sp³-hybridized carbons (Fsp3) is 0.510. The predicted octanol–water partition coefficient (Wildman–Crippen LogP) is 6.39. The molecule has 0 bridgehead atoms. The van der Waals surface area contributed by atoms with E-state index in [0.29, 0.717) is 55.6 Å². The highest BCUT2D eigenvalue weighted by Gasteiger charge is 2.51. The molecule has 3 aliphatic rings. The summed E-state index contributed by atoms with van der Waals surface area (Å²) in [4.78, 5) is 51.1. The van der Waals surface area contributed by atoms with Gasteiger partial charge in [0.2, 0.25) is 11.8 Å². The molecule has 2 aromatic carbocycles. The summed E-state index contributed by atoms with van der Waals surface area (Å²) in [7, 11) is 0. The van der Waals surface area contributed by atoms with E-state index < -0.39 is 35.4 Å². The maximum atomic E-state index is 14.0. The summed E-state index contributed by atoms with van der Waals surface area (Å²) >= 11 is 13.6. The van der Waals surface area contributed by atoms with E-state index in [1.807, 2.05) is 101 Å². The predicted molar refractivity (Wildman–Crippen MR) is 262 cm³/mol. The summed E-state index contributed by atoms with van der Waals surface area (Å²) in [5, 5.41) is 37.2. The normalized spacial score (nSPS) is 20.3. The van der Waals surface area contributed by atoms with Crippen LogP contribution < -0.4 is 15.5 Å². The zero-order chi connectivity index (χ0) is 48.5. The van der Waals surface area contributed by atoms with Crippen LogP contribution in [0.2, 0.25) is 5.02 Å². The SMILES string of the molecule is Cc1ncsc1-c1ccc(CNC(=O)[C@@H]2C[C@@H](O)CN2C(=O)[C@@H](NC(O)COCCCOCCCCOC2C=CC(N3C(=S)N(c4ccc(C#N)c(Cl)c4)C(=O)C3(C)C)=CC2)C(C)(C)C)cc1. The van der Waals surface area contributed by atoms with Crippen molar-refractivity contribution in [1.82, 2.24) is 25.4 Å². The molecular formula is C49H62ClN7O8S2. The molecule has 0 radical (unpaired) electrons. The second-order valence-corrected chi connectivity index (χ2v) is 20.2. The van der Waals surface area contributed by atoms with E-state index in [1.54, 1.807) is 29.5 Å². The number of nitrogens with one attached hydrogen (secondary N) is 2. The van der Waals surface area contributed by atoms with Gasteiger partial charge in [0.15, 0.2) is 5.11 Å². The first kappa shape index (κ1) is 51.8. The molecule has 4 N–H and O–H groups in total. The number of amides is 3. The van der Waals surface area contributed by atoms with E-state index in [1.165, 1.54) is 9.80 Å². The molecule has 18 heteroatoms. The Morgan fingerprint density at radius 2 is 1.81 bits per heavy atom. The van der Waals surface area contributed by atoms with Gasteiger partial charge in [0, 0.05) is 51.6 Å². The Hall–Kier alpha value is -4.61. The fourth-order valence-electron chi connectivity index (χ4n) is 8.23. The van der Waals surface area contributed by atoms with E-state index in [4.69, 9.17) is 38.0 Å². The Bertz CT molecular complexity index is 2340. The number of unbranched alkanes of at least 4 members (excludes halogenated alkanes) is 1. The monoisotopic (exact) mass is 975 g/mol. The van der Waals surface area contributed by atoms with Crippen LogP contribution in [0.3, 0.4) is 0 Å². The number of carbonyl (C=O) groups is 3. The summed E-state index contributed by atoms with van der Waals surface area (Å²) in [6, 6.07) is 13.1. The number of thiazole rings is 1. The van der Waals surface area contributed by atoms with Crippen LogP contribution in [0.1, 0.15) is 83.5 Å². The van der Waals surface area contributed by atoms with Gasteiger partial charge in [-0.2, -0.15) is 5.26 Å². The van der Waals surface area contributed by atoms with Crippen LogP contribution in [-0.4, -0.2) is 123 Å². The Balaban J connectivity index is 0.842. The zero-order valence-electron chi connectivity index (χ0n) is 39.0. The molecule has 5 atom stereocenters. The molecule has 0 saturated carbocycles. The highest BCUT2D eigenvalue weighted by atomic mass is 35.5. The smallest absolute Gasteiger partial charge is 0.259 e. The molecule has 15 nitrogen and oxygen atoms in total. The van der Waals surface area contributed by atoms with Crippen molar-refractivity contribution in [2.45, 2.75) is 116 Å². The Labute approximate surface area is 407 Å². The zero-order valence-corrected chi connectivity index (χ0v) is 41.4. The fourth-order valence-corrected chi connectivity index (χ4v) is 9.78. The highest BCUT2D eigenvalue weighted by molar-refractivity contribution is 7.80. The van der Waals surface area contributed by atoms with Crippen molar-refractivity contribution in [1.29, 1.82) is 5.26 Å². The molecule has 0 spiro atoms. The van der Waals surface area contributed by atoms with Crippen LogP contribution in [0.4, 0.5) is 5.69 Å². The van der Waals surface area contributed by atoms with Crippen LogP contribution in [0, 0.1) is 23.7 Å². The summed E-state index contributed by atoms with van der Waals surface area (Å²) in [5.41, 5.74) is 4.82. The molecule has 1 aliphatic carbocycles. The molecule has 3 heterocycles. The number of aliphatic hydroxyl groups is 2. The molecule has 2 aliphatic heterocycles. The molecule has 1 aromatic heterocycles. The van der Waals surface area contributed by atoms with Gasteiger partial charge in [-0.1, -0.05) is 68.8 Å². The standard InChI is InChI=1S/C49H62ClN7O8S2/c1-31-42(67-30-53-31)33-12-10-32(11-13-33)27-52-44(60)40-25-37(58)28-55(40)45(61)43(48(2,3)4)54-41(59)29-64-22-9-21-63-20-7-8-23-65-38-18-16-35(17-19-38)57-47(66)56(46(62)49(57,5)6)36-15-14-34(26-51)39(50)24-36/h10-18,24,30,37-38,40-41,43,54,58-59H,7-9,19-23,25,27-29H2,1-6H3,(H,52,60)/t37-,38?,40+,41?,43-/m1/s1. The van der Waals surface area contributed by atoms with Gasteiger partial charge in [-0.3, -0.25) is 24.6 Å². The number of carbonyl (C=O) groups excluding carboxylic acids is 3. The molecular weight excluding hydrogens is 914 g/mol. The first-order valence-electron chi connectivity index (χ1n) is 22.6. The number of thiocarbonyl (C=S) groups is 1. The van der Waals surface area contributed by atoms with E-state index in [2.05, 4.69) is 15.6 Å². The molecule has 6 rings (SSSR count). The highest BCUT2D eigenvalue weighted by Crippen LogP contribution is 2.38. The maximum absolute atomic E-state index is 14.0. The summed E-state index contributed by atoms with van der Waals surface area (Å²) < 4.78 is 17.6. The van der Waals surface area contributed by atoms with Crippen molar-refractivity contribution in [3.63, 3.8) is 0 Å². The van der Waals surface area contributed by atoms with Crippen molar-refractivity contribution >= 4 is 63.7 Å². The van der Waals surface area contributed by atoms with Gasteiger partial charge in [-0.15, -0.1) is 11.3 Å². The minimum absolute atomic E-state index is 0.0168. The number of halogens is 1. The number of aryl methyl sites for hydroxylation is 1. The lowest BCUT2D eigenvalue weighted by Gasteiger charge is -2.36. The first-order valence-corrected chi connectivity index (χ1v) is 24.3. The van der Waals surface area contributed by atoms with Crippen molar-refractivity contribution in [2.24, 2.45) is 5.41 Å². The molecule has 360 valence electrons. The summed E-state index contributed by atoms with van der Waals surface area (Å²) in [6.07, 6.45) is 6.82. The quantitative estimate of drug-likeness (QED) is 0.0523. The number of nitriles is 1. The average molecular weight is 977 g/mol. The minimum Gasteiger partial charge on any atom is -0.391 e. The number of hydrogen-bond acceptors (Lipinski definition) is 13. The van der Waals surface area contributed by atoms with Crippen molar-refractivity contribution in [2.75, 3.05) is 44.5 Å². The van der Waals surface area contributed by atoms with Gasteiger partial charge in [0.05, 0.1) is 57.2 Å². The number of likely N-dealkylation sites (tertiary alicyclic amines) is 1. The largest absolute Gasteiger partial charge is 0.391 e. The molecule has 67 heavy (non-hydrogen) atoms. The average Bonchev–Trinajstić information content (AvgIpc) is 3.96. The molecule has 2 fully saturated rings. The van der Waals surface area contributed by atoms with Crippen molar-refractivity contribution in [3.8, 4) is 16.5 Å². The van der Waals surface area contributed by atoms with Gasteiger partial charge >= 0.3 is 0 Å². The Kier molecular flexibility index (Phi) is 17.9. The lowest BCUT2D eigenvalue weighted by Crippen LogP contribution is -2.59. The van der Waals surface area contributed by atoms with Crippen LogP contribution in [0.25, 0.3) is 10.4 Å². The van der Waals surface area contributed by atoms with Gasteiger partial charge in [-0.05, 0) is 99.5 Å². The van der Waals surface area contributed by atoms with E-state index in [0.717, 1.165) is 40.2 Å². The third kappa shape index (κ3) is 12.9. The number of rotatable bonds is 21. The van der Waals surface area contributed by atoms with E-state index in [9.17, 15) is 29.9 Å². The van der Waals surface area contributed by atoms with Crippen molar-refractivity contribution in [3.05, 3.63) is 93.7 Å². The molecule has 3 amide bonds. The number of aromatic nitrogens is 1. The number of benzene rings is 2. The number of allylic oxidation sites excluding steroid dienone is 1. The lowest BCUT2D eigenvalue weighted by atomic mass is 9.85. The maximum Gasteiger partial charge on any atom is 0.259 e. The van der Waals surface area contributed by atoms with E-state index >= 15 is 0 Å². The lowest BCUT2D eigenvalue weighted by molar-refractivity contribution is -0.143. The number of anilines is 1. The molecule has 2 unspecified atom stereocenters. The second-order valence-electron chi connectivity index (χ2n) is 18.5. The van der Waals surface area contributed by atoms with Gasteiger partial charge in [-0.25, -0.2) is 4.98 Å². The second kappa shape index (κ2) is 23.1. The molecule has 3 aromatic rings. The van der Waals surface area contributed by atoms with Crippen LogP contribution >= 0.6 is 35.2 Å². The minimum atomic E-state index is -1.15. The van der Waals surface area contributed by atoms with Crippen LogP contribution in [0.5, 0.6) is 0 Å². The number of β-amino-alcohol motifs (C(OH)–C–C–N with tert-alkyl or cyclic N) is 1. The number of nitrogens with zero attached hydrogens (tertiary/aromatic N) is 5. The van der Waals surface area contributed by atoms with Gasteiger partial charge in [0.1, 0.15) is 23.9 Å². The topological polar surface area (TPSA) is 190 Å². The van der Waals surface area contributed by atoms with Crippen LogP contribution in [0.15, 0.2) is 71.9 Å². The Morgan fingerprint density at radius 1 is 1.09 bits per heavy atom. The van der Waals surface area contributed by atoms with Crippen molar-refractivity contribution < 1.29 is 38.8 Å². The number of aliphatic hydroxyl groups excluding tert-OH is 2.